The molecule has 1 atom stereocenters. The highest BCUT2D eigenvalue weighted by atomic mass is 16.5. The third-order valence-electron chi connectivity index (χ3n) is 2.72. The summed E-state index contributed by atoms with van der Waals surface area (Å²) < 4.78 is 4.87. The third kappa shape index (κ3) is 4.57. The number of benzene rings is 1. The van der Waals surface area contributed by atoms with Gasteiger partial charge in [0.1, 0.15) is 6.04 Å². The van der Waals surface area contributed by atoms with Gasteiger partial charge in [-0.2, -0.15) is 0 Å². The molecule has 1 unspecified atom stereocenters. The summed E-state index contributed by atoms with van der Waals surface area (Å²) >= 11 is 0. The Kier molecular flexibility index (Phi) is 6.56. The monoisotopic (exact) mass is 278 g/mol. The third-order valence-corrected chi connectivity index (χ3v) is 2.72. The number of esters is 1. The molecule has 0 aliphatic carbocycles. The van der Waals surface area contributed by atoms with Crippen LogP contribution in [0.2, 0.25) is 0 Å². The molecule has 0 spiro atoms. The Balaban J connectivity index is 2.74. The van der Waals surface area contributed by atoms with E-state index < -0.39 is 12.0 Å². The molecule has 5 heteroatoms. The Morgan fingerprint density at radius 2 is 1.95 bits per heavy atom. The molecular formula is C15H22N2O3. The van der Waals surface area contributed by atoms with E-state index >= 15 is 0 Å². The number of anilines is 1. The van der Waals surface area contributed by atoms with Crippen LogP contribution in [0.5, 0.6) is 0 Å². The Morgan fingerprint density at radius 3 is 2.60 bits per heavy atom. The van der Waals surface area contributed by atoms with Gasteiger partial charge >= 0.3 is 5.97 Å². The van der Waals surface area contributed by atoms with Crippen molar-refractivity contribution in [2.75, 3.05) is 18.5 Å². The first kappa shape index (κ1) is 16.0. The highest BCUT2D eigenvalue weighted by molar-refractivity contribution is 6.01. The van der Waals surface area contributed by atoms with E-state index in [-0.39, 0.29) is 5.91 Å². The van der Waals surface area contributed by atoms with Crippen molar-refractivity contribution in [2.24, 2.45) is 0 Å². The van der Waals surface area contributed by atoms with Crippen LogP contribution in [0.4, 0.5) is 5.69 Å². The standard InChI is InChI=1S/C15H22N2O3/c1-4-10-16-13-9-7-6-8-12(13)14(18)17-11(3)15(19)20-5-2/h6-9,11,16H,4-5,10H2,1-3H3,(H,17,18). The van der Waals surface area contributed by atoms with Crippen molar-refractivity contribution in [3.8, 4) is 0 Å². The highest BCUT2D eigenvalue weighted by Gasteiger charge is 2.19. The maximum atomic E-state index is 12.2. The van der Waals surface area contributed by atoms with Gasteiger partial charge in [-0.25, -0.2) is 4.79 Å². The second-order valence-corrected chi connectivity index (χ2v) is 4.42. The number of carbonyl (C=O) groups is 2. The van der Waals surface area contributed by atoms with Crippen LogP contribution in [0.15, 0.2) is 24.3 Å². The van der Waals surface area contributed by atoms with Crippen LogP contribution in [0.1, 0.15) is 37.6 Å². The quantitative estimate of drug-likeness (QED) is 0.750. The van der Waals surface area contributed by atoms with Gasteiger partial charge in [-0.1, -0.05) is 19.1 Å². The molecule has 0 bridgehead atoms. The minimum Gasteiger partial charge on any atom is -0.464 e. The fraction of sp³-hybridized carbons (Fsp3) is 0.467. The van der Waals surface area contributed by atoms with Crippen LogP contribution >= 0.6 is 0 Å². The van der Waals surface area contributed by atoms with Crippen molar-refractivity contribution >= 4 is 17.6 Å². The molecule has 5 nitrogen and oxygen atoms in total. The molecule has 0 saturated carbocycles. The number of ether oxygens (including phenoxy) is 1. The van der Waals surface area contributed by atoms with E-state index in [1.165, 1.54) is 0 Å². The Hall–Kier alpha value is -2.04. The summed E-state index contributed by atoms with van der Waals surface area (Å²) in [5, 5.41) is 5.84. The zero-order chi connectivity index (χ0) is 15.0. The minimum absolute atomic E-state index is 0.287. The minimum atomic E-state index is -0.665. The predicted octanol–water partition coefficient (Wildman–Crippen LogP) is 2.19. The SMILES string of the molecule is CCCNc1ccccc1C(=O)NC(C)C(=O)OCC. The largest absolute Gasteiger partial charge is 0.464 e. The van der Waals surface area contributed by atoms with Crippen LogP contribution in [0, 0.1) is 0 Å². The molecule has 1 aromatic carbocycles. The van der Waals surface area contributed by atoms with Gasteiger partial charge in [-0.3, -0.25) is 4.79 Å². The first-order chi connectivity index (χ1) is 9.60. The topological polar surface area (TPSA) is 67.4 Å². The van der Waals surface area contributed by atoms with Crippen molar-refractivity contribution in [3.63, 3.8) is 0 Å². The van der Waals surface area contributed by atoms with E-state index in [9.17, 15) is 9.59 Å². The van der Waals surface area contributed by atoms with Gasteiger partial charge < -0.3 is 15.4 Å². The van der Waals surface area contributed by atoms with Gasteiger partial charge in [0.05, 0.1) is 12.2 Å². The van der Waals surface area contributed by atoms with Crippen LogP contribution in [0.3, 0.4) is 0 Å². The average molecular weight is 278 g/mol. The van der Waals surface area contributed by atoms with Gasteiger partial charge in [-0.05, 0) is 32.4 Å². The molecular weight excluding hydrogens is 256 g/mol. The molecule has 1 aromatic rings. The number of nitrogens with one attached hydrogen (secondary N) is 2. The van der Waals surface area contributed by atoms with Gasteiger partial charge in [-0.15, -0.1) is 0 Å². The summed E-state index contributed by atoms with van der Waals surface area (Å²) in [6.07, 6.45) is 0.967. The molecule has 0 radical (unpaired) electrons. The summed E-state index contributed by atoms with van der Waals surface area (Å²) in [6.45, 7) is 6.48. The van der Waals surface area contributed by atoms with Crippen LogP contribution in [0.25, 0.3) is 0 Å². The molecule has 1 rings (SSSR count). The van der Waals surface area contributed by atoms with E-state index in [4.69, 9.17) is 4.74 Å². The molecule has 0 aliphatic heterocycles. The fourth-order valence-corrected chi connectivity index (χ4v) is 1.70. The van der Waals surface area contributed by atoms with Crippen LogP contribution < -0.4 is 10.6 Å². The van der Waals surface area contributed by atoms with E-state index in [1.54, 1.807) is 26.0 Å². The predicted molar refractivity (Wildman–Crippen MR) is 78.8 cm³/mol. The molecule has 110 valence electrons. The van der Waals surface area contributed by atoms with Gasteiger partial charge in [0.15, 0.2) is 0 Å². The van der Waals surface area contributed by atoms with E-state index in [0.29, 0.717) is 12.2 Å². The van der Waals surface area contributed by atoms with E-state index in [0.717, 1.165) is 18.7 Å². The lowest BCUT2D eigenvalue weighted by Crippen LogP contribution is -2.39. The average Bonchev–Trinajstić information content (AvgIpc) is 2.45. The van der Waals surface area contributed by atoms with Crippen molar-refractivity contribution in [3.05, 3.63) is 29.8 Å². The summed E-state index contributed by atoms with van der Waals surface area (Å²) in [5.41, 5.74) is 1.29. The normalized spacial score (nSPS) is 11.6. The summed E-state index contributed by atoms with van der Waals surface area (Å²) in [6, 6.07) is 6.57. The highest BCUT2D eigenvalue weighted by Crippen LogP contribution is 2.15. The smallest absolute Gasteiger partial charge is 0.328 e. The van der Waals surface area contributed by atoms with Crippen molar-refractivity contribution in [2.45, 2.75) is 33.2 Å². The maximum absolute atomic E-state index is 12.2. The Morgan fingerprint density at radius 1 is 1.25 bits per heavy atom. The molecule has 2 N–H and O–H groups in total. The summed E-state index contributed by atoms with van der Waals surface area (Å²) in [4.78, 5) is 23.7. The van der Waals surface area contributed by atoms with Gasteiger partial charge in [0.25, 0.3) is 5.91 Å². The van der Waals surface area contributed by atoms with Gasteiger partial charge in [0.2, 0.25) is 0 Å². The number of para-hydroxylation sites is 1. The fourth-order valence-electron chi connectivity index (χ4n) is 1.70. The molecule has 0 fully saturated rings. The molecule has 0 aromatic heterocycles. The first-order valence-electron chi connectivity index (χ1n) is 6.90. The lowest BCUT2D eigenvalue weighted by atomic mass is 10.1. The van der Waals surface area contributed by atoms with E-state index in [2.05, 4.69) is 17.6 Å². The summed E-state index contributed by atoms with van der Waals surface area (Å²) in [5.74, 6) is -0.718. The van der Waals surface area contributed by atoms with Crippen molar-refractivity contribution in [1.82, 2.24) is 5.32 Å². The second-order valence-electron chi connectivity index (χ2n) is 4.42. The molecule has 20 heavy (non-hydrogen) atoms. The Bertz CT molecular complexity index is 460. The van der Waals surface area contributed by atoms with Crippen molar-refractivity contribution < 1.29 is 14.3 Å². The first-order valence-corrected chi connectivity index (χ1v) is 6.90. The maximum Gasteiger partial charge on any atom is 0.328 e. The Labute approximate surface area is 119 Å². The number of amides is 1. The number of hydrogen-bond donors (Lipinski definition) is 2. The molecule has 0 saturated heterocycles. The zero-order valence-electron chi connectivity index (χ0n) is 12.2. The number of hydrogen-bond acceptors (Lipinski definition) is 4. The van der Waals surface area contributed by atoms with Gasteiger partial charge in [0, 0.05) is 12.2 Å². The lowest BCUT2D eigenvalue weighted by molar-refractivity contribution is -0.144. The molecule has 0 aliphatic rings. The second kappa shape index (κ2) is 8.19. The van der Waals surface area contributed by atoms with Crippen LogP contribution in [-0.4, -0.2) is 31.1 Å². The van der Waals surface area contributed by atoms with E-state index in [1.807, 2.05) is 12.1 Å². The zero-order valence-corrected chi connectivity index (χ0v) is 12.2. The molecule has 1 amide bonds. The lowest BCUT2D eigenvalue weighted by Gasteiger charge is -2.15. The number of carbonyl (C=O) groups excluding carboxylic acids is 2. The molecule has 0 heterocycles. The van der Waals surface area contributed by atoms with Crippen molar-refractivity contribution in [1.29, 1.82) is 0 Å². The number of rotatable bonds is 7. The summed E-state index contributed by atoms with van der Waals surface area (Å²) in [7, 11) is 0. The van der Waals surface area contributed by atoms with Crippen LogP contribution in [-0.2, 0) is 9.53 Å².